The van der Waals surface area contributed by atoms with E-state index in [1.165, 1.54) is 30.4 Å². The summed E-state index contributed by atoms with van der Waals surface area (Å²) in [6.07, 6.45) is 3.83. The Kier molecular flexibility index (Phi) is 3.95. The van der Waals surface area contributed by atoms with E-state index < -0.39 is 0 Å². The van der Waals surface area contributed by atoms with Crippen molar-refractivity contribution in [3.63, 3.8) is 0 Å². The Balaban J connectivity index is 1.69. The predicted molar refractivity (Wildman–Crippen MR) is 80.2 cm³/mol. The van der Waals surface area contributed by atoms with Gasteiger partial charge in [0.15, 0.2) is 0 Å². The van der Waals surface area contributed by atoms with Crippen molar-refractivity contribution in [2.45, 2.75) is 31.2 Å². The van der Waals surface area contributed by atoms with E-state index in [4.69, 9.17) is 0 Å². The zero-order chi connectivity index (χ0) is 12.9. The predicted octanol–water partition coefficient (Wildman–Crippen LogP) is 4.29. The second-order valence-corrected chi connectivity index (χ2v) is 5.41. The molecule has 1 nitrogen and oxygen atoms in total. The van der Waals surface area contributed by atoms with Gasteiger partial charge in [0.1, 0.15) is 0 Å². The maximum Gasteiger partial charge on any atom is 0.0320 e. The summed E-state index contributed by atoms with van der Waals surface area (Å²) < 4.78 is 0. The average Bonchev–Trinajstić information content (AvgIpc) is 2.75. The van der Waals surface area contributed by atoms with Crippen molar-refractivity contribution >= 4 is 0 Å². The molecule has 1 heteroatoms. The molecule has 0 radical (unpaired) electrons. The molecule has 3 rings (SSSR count). The second-order valence-electron chi connectivity index (χ2n) is 5.41. The Bertz CT molecular complexity index is 444. The zero-order valence-corrected chi connectivity index (χ0v) is 11.3. The Hall–Kier alpha value is -1.60. The molecule has 2 aromatic carbocycles. The molecule has 2 atom stereocenters. The number of nitrogens with one attached hydrogen (secondary N) is 1. The first-order valence-corrected chi connectivity index (χ1v) is 7.27. The Morgan fingerprint density at radius 1 is 0.737 bits per heavy atom. The van der Waals surface area contributed by atoms with E-state index in [9.17, 15) is 0 Å². The van der Waals surface area contributed by atoms with Gasteiger partial charge in [0.05, 0.1) is 0 Å². The van der Waals surface area contributed by atoms with E-state index >= 15 is 0 Å². The highest BCUT2D eigenvalue weighted by molar-refractivity contribution is 5.22. The van der Waals surface area contributed by atoms with E-state index in [0.717, 1.165) is 6.54 Å². The van der Waals surface area contributed by atoms with Crippen molar-refractivity contribution in [1.82, 2.24) is 5.32 Å². The lowest BCUT2D eigenvalue weighted by Crippen LogP contribution is -2.23. The highest BCUT2D eigenvalue weighted by atomic mass is 14.9. The summed E-state index contributed by atoms with van der Waals surface area (Å²) in [6, 6.07) is 22.3. The van der Waals surface area contributed by atoms with Crippen LogP contribution in [0.3, 0.4) is 0 Å². The molecule has 0 saturated carbocycles. The molecular weight excluding hydrogens is 230 g/mol. The lowest BCUT2D eigenvalue weighted by molar-refractivity contribution is 0.526. The summed E-state index contributed by atoms with van der Waals surface area (Å²) in [5.74, 6) is 0.662. The summed E-state index contributed by atoms with van der Waals surface area (Å²) >= 11 is 0. The van der Waals surface area contributed by atoms with Gasteiger partial charge in [0.25, 0.3) is 0 Å². The first-order valence-electron chi connectivity index (χ1n) is 7.27. The molecule has 1 aliphatic heterocycles. The van der Waals surface area contributed by atoms with Gasteiger partial charge < -0.3 is 5.32 Å². The summed E-state index contributed by atoms with van der Waals surface area (Å²) in [4.78, 5) is 0. The molecular formula is C18H21N. The molecule has 98 valence electrons. The lowest BCUT2D eigenvalue weighted by atomic mass is 9.94. The Morgan fingerprint density at radius 2 is 1.37 bits per heavy atom. The standard InChI is InChI=1S/C18H21N/c1-3-8-15(9-4-1)17-12-7-13-18(19-14-17)16-10-5-2-6-11-16/h1-6,8-11,17-19H,7,12-14H2. The van der Waals surface area contributed by atoms with Crippen molar-refractivity contribution in [2.24, 2.45) is 0 Å². The van der Waals surface area contributed by atoms with Gasteiger partial charge in [-0.25, -0.2) is 0 Å². The van der Waals surface area contributed by atoms with Gasteiger partial charge >= 0.3 is 0 Å². The largest absolute Gasteiger partial charge is 0.309 e. The molecule has 19 heavy (non-hydrogen) atoms. The van der Waals surface area contributed by atoms with Crippen molar-refractivity contribution in [3.8, 4) is 0 Å². The topological polar surface area (TPSA) is 12.0 Å². The highest BCUT2D eigenvalue weighted by Gasteiger charge is 2.20. The van der Waals surface area contributed by atoms with E-state index in [-0.39, 0.29) is 0 Å². The highest BCUT2D eigenvalue weighted by Crippen LogP contribution is 2.29. The van der Waals surface area contributed by atoms with Crippen LogP contribution in [0.1, 0.15) is 42.3 Å². The van der Waals surface area contributed by atoms with E-state index in [0.29, 0.717) is 12.0 Å². The molecule has 1 saturated heterocycles. The number of rotatable bonds is 2. The fraction of sp³-hybridized carbons (Fsp3) is 0.333. The quantitative estimate of drug-likeness (QED) is 0.839. The van der Waals surface area contributed by atoms with Crippen LogP contribution in [0.25, 0.3) is 0 Å². The maximum absolute atomic E-state index is 3.75. The minimum absolute atomic E-state index is 0.523. The van der Waals surface area contributed by atoms with Crippen LogP contribution in [0.2, 0.25) is 0 Å². The van der Waals surface area contributed by atoms with Crippen LogP contribution in [0.5, 0.6) is 0 Å². The second kappa shape index (κ2) is 6.03. The fourth-order valence-electron chi connectivity index (χ4n) is 3.04. The van der Waals surface area contributed by atoms with Gasteiger partial charge in [-0.3, -0.25) is 0 Å². The van der Waals surface area contributed by atoms with Crippen molar-refractivity contribution < 1.29 is 0 Å². The van der Waals surface area contributed by atoms with Crippen molar-refractivity contribution in [3.05, 3.63) is 71.8 Å². The number of hydrogen-bond acceptors (Lipinski definition) is 1. The molecule has 0 amide bonds. The molecule has 1 N–H and O–H groups in total. The third kappa shape index (κ3) is 3.05. The molecule has 1 heterocycles. The van der Waals surface area contributed by atoms with E-state index in [1.54, 1.807) is 0 Å². The maximum atomic E-state index is 3.75. The molecule has 1 aliphatic rings. The minimum atomic E-state index is 0.523. The van der Waals surface area contributed by atoms with Crippen molar-refractivity contribution in [1.29, 1.82) is 0 Å². The average molecular weight is 251 g/mol. The molecule has 0 aromatic heterocycles. The van der Waals surface area contributed by atoms with Gasteiger partial charge in [-0.05, 0) is 29.9 Å². The first kappa shape index (κ1) is 12.4. The monoisotopic (exact) mass is 251 g/mol. The Morgan fingerprint density at radius 3 is 2.05 bits per heavy atom. The first-order chi connectivity index (χ1) is 9.43. The molecule has 2 aromatic rings. The Labute approximate surface area is 115 Å². The number of benzene rings is 2. The summed E-state index contributed by atoms with van der Waals surface area (Å²) in [5, 5.41) is 3.75. The molecule has 0 bridgehead atoms. The fourth-order valence-corrected chi connectivity index (χ4v) is 3.04. The van der Waals surface area contributed by atoms with Crippen LogP contribution in [-0.2, 0) is 0 Å². The van der Waals surface area contributed by atoms with Crippen LogP contribution < -0.4 is 5.32 Å². The van der Waals surface area contributed by atoms with Crippen LogP contribution in [0, 0.1) is 0 Å². The third-order valence-electron chi connectivity index (χ3n) is 4.13. The molecule has 0 spiro atoms. The number of hydrogen-bond donors (Lipinski definition) is 1. The van der Waals surface area contributed by atoms with Gasteiger partial charge in [-0.2, -0.15) is 0 Å². The van der Waals surface area contributed by atoms with Crippen LogP contribution in [0.15, 0.2) is 60.7 Å². The summed E-state index contributed by atoms with van der Waals surface area (Å²) in [5.41, 5.74) is 2.90. The van der Waals surface area contributed by atoms with E-state index in [1.807, 2.05) is 0 Å². The van der Waals surface area contributed by atoms with Gasteiger partial charge in [-0.1, -0.05) is 67.1 Å². The normalized spacial score (nSPS) is 23.8. The smallest absolute Gasteiger partial charge is 0.0320 e. The summed E-state index contributed by atoms with van der Waals surface area (Å²) in [6.45, 7) is 1.09. The van der Waals surface area contributed by atoms with E-state index in [2.05, 4.69) is 66.0 Å². The van der Waals surface area contributed by atoms with Crippen LogP contribution in [-0.4, -0.2) is 6.54 Å². The zero-order valence-electron chi connectivity index (χ0n) is 11.3. The van der Waals surface area contributed by atoms with Gasteiger partial charge in [-0.15, -0.1) is 0 Å². The molecule has 2 unspecified atom stereocenters. The SMILES string of the molecule is c1ccc(C2CCCC(c3ccccc3)NC2)cc1. The van der Waals surface area contributed by atoms with Crippen molar-refractivity contribution in [2.75, 3.05) is 6.54 Å². The molecule has 0 aliphatic carbocycles. The molecule has 1 fully saturated rings. The minimum Gasteiger partial charge on any atom is -0.309 e. The third-order valence-corrected chi connectivity index (χ3v) is 4.13. The lowest BCUT2D eigenvalue weighted by Gasteiger charge is -2.18. The van der Waals surface area contributed by atoms with Gasteiger partial charge in [0, 0.05) is 12.6 Å². The van der Waals surface area contributed by atoms with Gasteiger partial charge in [0.2, 0.25) is 0 Å². The van der Waals surface area contributed by atoms with Crippen LogP contribution in [0.4, 0.5) is 0 Å². The van der Waals surface area contributed by atoms with Crippen LogP contribution >= 0.6 is 0 Å². The summed E-state index contributed by atoms with van der Waals surface area (Å²) in [7, 11) is 0.